The van der Waals surface area contributed by atoms with Crippen LogP contribution < -0.4 is 10.1 Å². The summed E-state index contributed by atoms with van der Waals surface area (Å²) in [6.45, 7) is 0.177. The Morgan fingerprint density at radius 1 is 1.07 bits per heavy atom. The van der Waals surface area contributed by atoms with Crippen LogP contribution in [0.25, 0.3) is 0 Å². The number of aliphatic imine (C=N–C) groups is 2. The van der Waals surface area contributed by atoms with Gasteiger partial charge in [-0.15, -0.1) is 0 Å². The fraction of sp³-hybridized carbons (Fsp3) is 0.333. The smallest absolute Gasteiger partial charge is 0.416 e. The number of benzene rings is 2. The van der Waals surface area contributed by atoms with Crippen LogP contribution in [0.3, 0.4) is 0 Å². The Hall–Kier alpha value is -3.92. The summed E-state index contributed by atoms with van der Waals surface area (Å²) in [7, 11) is 0. The van der Waals surface area contributed by atoms with E-state index in [1.165, 1.54) is 6.07 Å². The summed E-state index contributed by atoms with van der Waals surface area (Å²) in [6, 6.07) is 9.29. The molecule has 5 rings (SSSR count). The Bertz CT molecular complexity index is 1460. The topological polar surface area (TPSA) is 100 Å². The number of amides is 1. The quantitative estimate of drug-likeness (QED) is 0.365. The van der Waals surface area contributed by atoms with Crippen LogP contribution in [-0.4, -0.2) is 47.1 Å². The summed E-state index contributed by atoms with van der Waals surface area (Å²) in [6.07, 6.45) is 2.86. The van der Waals surface area contributed by atoms with Crippen LogP contribution in [0.1, 0.15) is 54.8 Å². The fourth-order valence-electron chi connectivity index (χ4n) is 5.06. The molecule has 2 N–H and O–H groups in total. The molecule has 2 aromatic rings. The van der Waals surface area contributed by atoms with Crippen molar-refractivity contribution < 1.29 is 32.6 Å². The normalized spacial score (nSPS) is 21.5. The van der Waals surface area contributed by atoms with Crippen molar-refractivity contribution in [3.8, 4) is 5.75 Å². The number of ether oxygens (including phenoxy) is 1. The summed E-state index contributed by atoms with van der Waals surface area (Å²) >= 11 is 6.06. The van der Waals surface area contributed by atoms with E-state index in [1.807, 2.05) is 18.2 Å². The lowest BCUT2D eigenvalue weighted by Crippen LogP contribution is -2.36. The van der Waals surface area contributed by atoms with Gasteiger partial charge in [-0.2, -0.15) is 13.2 Å². The first-order valence-corrected chi connectivity index (χ1v) is 13.6. The SMILES string of the molecule is O=C(O)CCCCC1=NC2C=C(C(=O)NC3CCOc4cc(C(F)(F)F)ccc43)C=CC2N=C1c1ccc(Cl)cc1. The minimum Gasteiger partial charge on any atom is -0.493 e. The number of carbonyl (C=O) groups excluding carboxylic acids is 1. The van der Waals surface area contributed by atoms with Gasteiger partial charge >= 0.3 is 12.1 Å². The van der Waals surface area contributed by atoms with E-state index < -0.39 is 29.8 Å². The molecule has 2 aliphatic heterocycles. The standard InChI is InChI=1S/C30H27ClF3N3O4/c31-20-9-5-17(6-10-20)28-24(3-1-2-4-27(38)39)35-25-15-18(7-12-23(25)36-28)29(40)37-22-13-14-41-26-16-19(30(32,33)34)8-11-21(22)26/h5-12,15-16,22-23,25H,1-4,13-14H2,(H,37,40)(H,38,39). The number of carboxylic acid groups (broad SMARTS) is 1. The fourth-order valence-corrected chi connectivity index (χ4v) is 5.19. The molecule has 214 valence electrons. The number of alkyl halides is 3. The van der Waals surface area contributed by atoms with E-state index in [1.54, 1.807) is 24.3 Å². The zero-order valence-electron chi connectivity index (χ0n) is 21.8. The third kappa shape index (κ3) is 6.70. The number of carboxylic acids is 1. The second-order valence-electron chi connectivity index (χ2n) is 10.0. The van der Waals surface area contributed by atoms with Crippen molar-refractivity contribution in [1.29, 1.82) is 0 Å². The van der Waals surface area contributed by atoms with Gasteiger partial charge in [-0.1, -0.05) is 42.0 Å². The van der Waals surface area contributed by atoms with Gasteiger partial charge in [0, 0.05) is 34.6 Å². The second-order valence-corrected chi connectivity index (χ2v) is 10.5. The van der Waals surface area contributed by atoms with Gasteiger partial charge in [0.05, 0.1) is 41.7 Å². The molecule has 11 heteroatoms. The summed E-state index contributed by atoms with van der Waals surface area (Å²) in [5, 5.41) is 12.5. The van der Waals surface area contributed by atoms with Gasteiger partial charge in [-0.3, -0.25) is 19.6 Å². The number of hydrogen-bond acceptors (Lipinski definition) is 5. The largest absolute Gasteiger partial charge is 0.493 e. The summed E-state index contributed by atoms with van der Waals surface area (Å²) in [5.74, 6) is -1.12. The van der Waals surface area contributed by atoms with Gasteiger partial charge in [-0.25, -0.2) is 0 Å². The number of fused-ring (bicyclic) bond motifs is 2. The maximum absolute atomic E-state index is 13.2. The number of rotatable bonds is 8. The molecule has 0 saturated heterocycles. The molecule has 0 saturated carbocycles. The lowest BCUT2D eigenvalue weighted by atomic mass is 9.92. The minimum atomic E-state index is -4.49. The highest BCUT2D eigenvalue weighted by atomic mass is 35.5. The van der Waals surface area contributed by atoms with E-state index in [2.05, 4.69) is 5.32 Å². The van der Waals surface area contributed by atoms with Crippen molar-refractivity contribution >= 4 is 34.9 Å². The first-order valence-electron chi connectivity index (χ1n) is 13.3. The minimum absolute atomic E-state index is 0.0621. The Kier molecular flexibility index (Phi) is 8.30. The zero-order valence-corrected chi connectivity index (χ0v) is 22.6. The highest BCUT2D eigenvalue weighted by Crippen LogP contribution is 2.38. The van der Waals surface area contributed by atoms with Gasteiger partial charge in [0.25, 0.3) is 5.91 Å². The van der Waals surface area contributed by atoms with Gasteiger partial charge in [-0.05, 0) is 49.6 Å². The van der Waals surface area contributed by atoms with Gasteiger partial charge in [0.15, 0.2) is 0 Å². The molecule has 7 nitrogen and oxygen atoms in total. The Balaban J connectivity index is 1.34. The molecule has 0 aromatic heterocycles. The average molecular weight is 586 g/mol. The van der Waals surface area contributed by atoms with Gasteiger partial charge in [0.2, 0.25) is 0 Å². The van der Waals surface area contributed by atoms with Crippen LogP contribution in [0, 0.1) is 0 Å². The molecule has 3 atom stereocenters. The Morgan fingerprint density at radius 2 is 1.85 bits per heavy atom. The van der Waals surface area contributed by atoms with Crippen LogP contribution in [0.5, 0.6) is 5.75 Å². The van der Waals surface area contributed by atoms with E-state index in [-0.39, 0.29) is 30.7 Å². The van der Waals surface area contributed by atoms with Crippen molar-refractivity contribution in [2.75, 3.05) is 6.61 Å². The van der Waals surface area contributed by atoms with E-state index >= 15 is 0 Å². The van der Waals surface area contributed by atoms with Crippen molar-refractivity contribution in [2.45, 2.75) is 56.4 Å². The van der Waals surface area contributed by atoms with Crippen molar-refractivity contribution in [3.05, 3.63) is 88.0 Å². The highest BCUT2D eigenvalue weighted by Gasteiger charge is 2.34. The molecular weight excluding hydrogens is 559 g/mol. The van der Waals surface area contributed by atoms with Crippen LogP contribution in [0.15, 0.2) is 76.3 Å². The van der Waals surface area contributed by atoms with Crippen molar-refractivity contribution in [2.24, 2.45) is 9.98 Å². The predicted molar refractivity (Wildman–Crippen MR) is 149 cm³/mol. The van der Waals surface area contributed by atoms with E-state index in [4.69, 9.17) is 31.4 Å². The molecule has 0 radical (unpaired) electrons. The monoisotopic (exact) mass is 585 g/mol. The Morgan fingerprint density at radius 3 is 2.59 bits per heavy atom. The van der Waals surface area contributed by atoms with Crippen LogP contribution in [0.2, 0.25) is 5.02 Å². The van der Waals surface area contributed by atoms with Gasteiger partial charge < -0.3 is 15.2 Å². The first kappa shape index (κ1) is 28.6. The van der Waals surface area contributed by atoms with Crippen LogP contribution in [0.4, 0.5) is 13.2 Å². The predicted octanol–water partition coefficient (Wildman–Crippen LogP) is 6.12. The third-order valence-corrected chi connectivity index (χ3v) is 7.40. The van der Waals surface area contributed by atoms with E-state index in [0.717, 1.165) is 23.4 Å². The first-order chi connectivity index (χ1) is 19.6. The molecule has 1 aliphatic carbocycles. The molecular formula is C30H27ClF3N3O4. The van der Waals surface area contributed by atoms with E-state index in [0.29, 0.717) is 47.6 Å². The van der Waals surface area contributed by atoms with E-state index in [9.17, 15) is 22.8 Å². The lowest BCUT2D eigenvalue weighted by molar-refractivity contribution is -0.138. The van der Waals surface area contributed by atoms with Crippen molar-refractivity contribution in [3.63, 3.8) is 0 Å². The molecule has 1 amide bonds. The number of halogens is 4. The lowest BCUT2D eigenvalue weighted by Gasteiger charge is -2.29. The summed E-state index contributed by atoms with van der Waals surface area (Å²) in [5.41, 5.74) is 2.35. The maximum atomic E-state index is 13.2. The van der Waals surface area contributed by atoms with Crippen molar-refractivity contribution in [1.82, 2.24) is 5.32 Å². The second kappa shape index (κ2) is 11.9. The van der Waals surface area contributed by atoms with Gasteiger partial charge in [0.1, 0.15) is 5.75 Å². The number of aliphatic carboxylic acids is 1. The number of carbonyl (C=O) groups is 2. The van der Waals surface area contributed by atoms with Crippen LogP contribution in [-0.2, 0) is 15.8 Å². The molecule has 41 heavy (non-hydrogen) atoms. The molecule has 2 aromatic carbocycles. The average Bonchev–Trinajstić information content (AvgIpc) is 2.94. The molecule has 0 fully saturated rings. The molecule has 2 heterocycles. The third-order valence-electron chi connectivity index (χ3n) is 7.15. The maximum Gasteiger partial charge on any atom is 0.416 e. The number of nitrogens with zero attached hydrogens (tertiary/aromatic N) is 2. The number of hydrogen-bond donors (Lipinski definition) is 2. The molecule has 0 bridgehead atoms. The molecule has 0 spiro atoms. The molecule has 3 unspecified atom stereocenters. The summed E-state index contributed by atoms with van der Waals surface area (Å²) in [4.78, 5) is 34.0. The van der Waals surface area contributed by atoms with Crippen LogP contribution >= 0.6 is 11.6 Å². The number of unbranched alkanes of at least 4 members (excludes halogenated alkanes) is 1. The number of nitrogens with one attached hydrogen (secondary N) is 1. The zero-order chi connectivity index (χ0) is 29.1. The molecule has 3 aliphatic rings. The Labute approximate surface area is 239 Å². The summed E-state index contributed by atoms with van der Waals surface area (Å²) < 4.78 is 44.9. The highest BCUT2D eigenvalue weighted by molar-refractivity contribution is 6.49.